The van der Waals surface area contributed by atoms with E-state index in [0.29, 0.717) is 6.61 Å². The molecule has 0 radical (unpaired) electrons. The van der Waals surface area contributed by atoms with Gasteiger partial charge in [-0.2, -0.15) is 0 Å². The van der Waals surface area contributed by atoms with Gasteiger partial charge >= 0.3 is 5.97 Å². The fourth-order valence-corrected chi connectivity index (χ4v) is 2.35. The molecule has 108 valence electrons. The van der Waals surface area contributed by atoms with Crippen LogP contribution in [0.2, 0.25) is 0 Å². The van der Waals surface area contributed by atoms with Crippen LogP contribution in [0.25, 0.3) is 0 Å². The molecular weight excluding hydrogens is 256 g/mol. The van der Waals surface area contributed by atoms with E-state index in [1.54, 1.807) is 6.92 Å². The van der Waals surface area contributed by atoms with Gasteiger partial charge in [0.05, 0.1) is 13.0 Å². The number of hydrogen-bond donors (Lipinski definition) is 0. The molecule has 0 heterocycles. The minimum atomic E-state index is -0.335. The molecule has 20 heavy (non-hydrogen) atoms. The normalized spacial score (nSPS) is 12.8. The van der Waals surface area contributed by atoms with Crippen LogP contribution in [0.15, 0.2) is 18.2 Å². The Balaban J connectivity index is 1.74. The van der Waals surface area contributed by atoms with Gasteiger partial charge in [-0.1, -0.05) is 6.07 Å². The summed E-state index contributed by atoms with van der Waals surface area (Å²) >= 11 is 0. The van der Waals surface area contributed by atoms with Gasteiger partial charge < -0.3 is 9.47 Å². The lowest BCUT2D eigenvalue weighted by Crippen LogP contribution is -2.14. The van der Waals surface area contributed by atoms with Crippen LogP contribution < -0.4 is 4.74 Å². The van der Waals surface area contributed by atoms with E-state index in [-0.39, 0.29) is 31.2 Å². The standard InChI is InChI=1S/C16H20O4/c1-2-19-16(18)9-7-14(17)11-20-15-8-6-12-4-3-5-13(12)10-15/h6,8,10H,2-5,7,9,11H2,1H3. The Bertz CT molecular complexity index is 493. The van der Waals surface area contributed by atoms with Gasteiger partial charge in [-0.3, -0.25) is 9.59 Å². The molecule has 0 atom stereocenters. The smallest absolute Gasteiger partial charge is 0.306 e. The van der Waals surface area contributed by atoms with Gasteiger partial charge in [-0.25, -0.2) is 0 Å². The van der Waals surface area contributed by atoms with Crippen LogP contribution in [0, 0.1) is 0 Å². The Labute approximate surface area is 119 Å². The summed E-state index contributed by atoms with van der Waals surface area (Å²) < 4.78 is 10.3. The monoisotopic (exact) mass is 276 g/mol. The van der Waals surface area contributed by atoms with Gasteiger partial charge in [0.1, 0.15) is 12.4 Å². The lowest BCUT2D eigenvalue weighted by molar-refractivity contribution is -0.144. The molecule has 0 saturated carbocycles. The van der Waals surface area contributed by atoms with Crippen molar-refractivity contribution in [2.24, 2.45) is 0 Å². The van der Waals surface area contributed by atoms with Gasteiger partial charge in [0.25, 0.3) is 0 Å². The second kappa shape index (κ2) is 7.08. The van der Waals surface area contributed by atoms with Crippen molar-refractivity contribution in [2.75, 3.05) is 13.2 Å². The number of ketones is 1. The maximum atomic E-state index is 11.6. The van der Waals surface area contributed by atoms with E-state index >= 15 is 0 Å². The highest BCUT2D eigenvalue weighted by Crippen LogP contribution is 2.25. The molecule has 0 amide bonds. The van der Waals surface area contributed by atoms with Crippen LogP contribution in [0.3, 0.4) is 0 Å². The first-order valence-corrected chi connectivity index (χ1v) is 7.11. The zero-order valence-electron chi connectivity index (χ0n) is 11.8. The van der Waals surface area contributed by atoms with Gasteiger partial charge in [-0.05, 0) is 49.4 Å². The van der Waals surface area contributed by atoms with Gasteiger partial charge in [0, 0.05) is 6.42 Å². The van der Waals surface area contributed by atoms with Crippen molar-refractivity contribution in [3.8, 4) is 5.75 Å². The van der Waals surface area contributed by atoms with Crippen molar-refractivity contribution in [1.29, 1.82) is 0 Å². The molecular formula is C16H20O4. The Morgan fingerprint density at radius 2 is 1.95 bits per heavy atom. The third-order valence-electron chi connectivity index (χ3n) is 3.38. The van der Waals surface area contributed by atoms with E-state index < -0.39 is 0 Å². The predicted molar refractivity (Wildman–Crippen MR) is 74.8 cm³/mol. The average Bonchev–Trinajstić information content (AvgIpc) is 2.90. The second-order valence-corrected chi connectivity index (χ2v) is 4.92. The van der Waals surface area contributed by atoms with E-state index in [2.05, 4.69) is 6.07 Å². The van der Waals surface area contributed by atoms with Crippen LogP contribution in [-0.2, 0) is 27.2 Å². The molecule has 4 heteroatoms. The summed E-state index contributed by atoms with van der Waals surface area (Å²) in [7, 11) is 0. The van der Waals surface area contributed by atoms with E-state index in [4.69, 9.17) is 9.47 Å². The number of rotatable bonds is 7. The van der Waals surface area contributed by atoms with Crippen molar-refractivity contribution in [3.63, 3.8) is 0 Å². The van der Waals surface area contributed by atoms with E-state index in [1.807, 2.05) is 12.1 Å². The largest absolute Gasteiger partial charge is 0.486 e. The highest BCUT2D eigenvalue weighted by molar-refractivity contribution is 5.84. The summed E-state index contributed by atoms with van der Waals surface area (Å²) in [5.74, 6) is 0.312. The summed E-state index contributed by atoms with van der Waals surface area (Å²) in [4.78, 5) is 22.8. The summed E-state index contributed by atoms with van der Waals surface area (Å²) in [5, 5.41) is 0. The first kappa shape index (κ1) is 14.6. The number of carbonyl (C=O) groups excluding carboxylic acids is 2. The average molecular weight is 276 g/mol. The molecule has 0 bridgehead atoms. The lowest BCUT2D eigenvalue weighted by Gasteiger charge is -2.07. The quantitative estimate of drug-likeness (QED) is 0.718. The molecule has 2 rings (SSSR count). The molecule has 1 aliphatic carbocycles. The first-order valence-electron chi connectivity index (χ1n) is 7.11. The number of benzene rings is 1. The second-order valence-electron chi connectivity index (χ2n) is 4.92. The van der Waals surface area contributed by atoms with Crippen molar-refractivity contribution in [1.82, 2.24) is 0 Å². The fraction of sp³-hybridized carbons (Fsp3) is 0.500. The first-order chi connectivity index (χ1) is 9.69. The van der Waals surface area contributed by atoms with Crippen LogP contribution in [0.1, 0.15) is 37.3 Å². The number of aryl methyl sites for hydroxylation is 2. The van der Waals surface area contributed by atoms with Crippen molar-refractivity contribution in [3.05, 3.63) is 29.3 Å². The van der Waals surface area contributed by atoms with Gasteiger partial charge in [-0.15, -0.1) is 0 Å². The van der Waals surface area contributed by atoms with Crippen LogP contribution in [0.5, 0.6) is 5.75 Å². The molecule has 0 unspecified atom stereocenters. The number of Topliss-reactive ketones (excluding diaryl/α,β-unsaturated/α-hetero) is 1. The van der Waals surface area contributed by atoms with Gasteiger partial charge in [0.2, 0.25) is 0 Å². The molecule has 0 spiro atoms. The van der Waals surface area contributed by atoms with Crippen molar-refractivity contribution >= 4 is 11.8 Å². The van der Waals surface area contributed by atoms with Crippen LogP contribution in [-0.4, -0.2) is 25.0 Å². The molecule has 0 N–H and O–H groups in total. The Kier molecular flexibility index (Phi) is 5.16. The zero-order chi connectivity index (χ0) is 14.4. The number of ether oxygens (including phenoxy) is 2. The van der Waals surface area contributed by atoms with Crippen molar-refractivity contribution < 1.29 is 19.1 Å². The van der Waals surface area contributed by atoms with E-state index in [0.717, 1.165) is 18.6 Å². The molecule has 1 aromatic carbocycles. The third-order valence-corrected chi connectivity index (χ3v) is 3.38. The minimum absolute atomic E-state index is 0.0121. The highest BCUT2D eigenvalue weighted by Gasteiger charge is 2.12. The van der Waals surface area contributed by atoms with Crippen molar-refractivity contribution in [2.45, 2.75) is 39.0 Å². The fourth-order valence-electron chi connectivity index (χ4n) is 2.35. The maximum Gasteiger partial charge on any atom is 0.306 e. The molecule has 1 aliphatic rings. The van der Waals surface area contributed by atoms with E-state index in [9.17, 15) is 9.59 Å². The van der Waals surface area contributed by atoms with Crippen LogP contribution >= 0.6 is 0 Å². The Morgan fingerprint density at radius 1 is 1.15 bits per heavy atom. The summed E-state index contributed by atoms with van der Waals surface area (Å²) in [6.45, 7) is 2.10. The summed E-state index contributed by atoms with van der Waals surface area (Å²) in [6, 6.07) is 5.99. The Morgan fingerprint density at radius 3 is 2.75 bits per heavy atom. The zero-order valence-corrected chi connectivity index (χ0v) is 11.8. The number of fused-ring (bicyclic) bond motifs is 1. The summed E-state index contributed by atoms with van der Waals surface area (Å²) in [6.07, 6.45) is 3.71. The molecule has 0 aromatic heterocycles. The number of carbonyl (C=O) groups is 2. The minimum Gasteiger partial charge on any atom is -0.486 e. The molecule has 0 fully saturated rings. The topological polar surface area (TPSA) is 52.6 Å². The predicted octanol–water partition coefficient (Wildman–Crippen LogP) is 2.47. The maximum absolute atomic E-state index is 11.6. The number of hydrogen-bond acceptors (Lipinski definition) is 4. The highest BCUT2D eigenvalue weighted by atomic mass is 16.5. The SMILES string of the molecule is CCOC(=O)CCC(=O)COc1ccc2c(c1)CCC2. The third kappa shape index (κ3) is 4.08. The lowest BCUT2D eigenvalue weighted by atomic mass is 10.1. The molecule has 0 aliphatic heterocycles. The molecule has 4 nitrogen and oxygen atoms in total. The van der Waals surface area contributed by atoms with E-state index in [1.165, 1.54) is 17.5 Å². The summed E-state index contributed by atoms with van der Waals surface area (Å²) in [5.41, 5.74) is 2.70. The molecule has 0 saturated heterocycles. The number of esters is 1. The van der Waals surface area contributed by atoms with Gasteiger partial charge in [0.15, 0.2) is 5.78 Å². The molecule has 1 aromatic rings. The van der Waals surface area contributed by atoms with Crippen LogP contribution in [0.4, 0.5) is 0 Å². The Hall–Kier alpha value is -1.84.